The van der Waals surface area contributed by atoms with E-state index in [1.807, 2.05) is 20.9 Å². The average Bonchev–Trinajstić information content (AvgIpc) is 2.67. The van der Waals surface area contributed by atoms with Crippen molar-refractivity contribution in [2.75, 3.05) is 25.1 Å². The summed E-state index contributed by atoms with van der Waals surface area (Å²) in [4.78, 5) is 2.35. The molecule has 0 saturated carbocycles. The van der Waals surface area contributed by atoms with Gasteiger partial charge in [0.2, 0.25) is 0 Å². The molecule has 1 aliphatic heterocycles. The first-order valence-electron chi connectivity index (χ1n) is 6.55. The van der Waals surface area contributed by atoms with Crippen LogP contribution < -0.4 is 5.32 Å². The first kappa shape index (κ1) is 19.0. The third-order valence-electron chi connectivity index (χ3n) is 2.54. The molecule has 0 aromatic heterocycles. The second-order valence-corrected chi connectivity index (χ2v) is 5.38. The van der Waals surface area contributed by atoms with Crippen LogP contribution in [-0.4, -0.2) is 36.1 Å². The van der Waals surface area contributed by atoms with E-state index in [4.69, 9.17) is 0 Å². The van der Waals surface area contributed by atoms with Gasteiger partial charge in [0.15, 0.2) is 0 Å². The number of halogens is 1. The van der Waals surface area contributed by atoms with Crippen molar-refractivity contribution in [2.24, 2.45) is 5.92 Å². The van der Waals surface area contributed by atoms with Crippen LogP contribution in [0.15, 0.2) is 0 Å². The van der Waals surface area contributed by atoms with Crippen LogP contribution in [0.1, 0.15) is 47.0 Å². The van der Waals surface area contributed by atoms with E-state index in [0.717, 1.165) is 5.92 Å². The Morgan fingerprint density at radius 3 is 2.06 bits per heavy atom. The molecule has 1 rings (SSSR count). The summed E-state index contributed by atoms with van der Waals surface area (Å²) in [6, 6.07) is 0. The third-order valence-corrected chi connectivity index (χ3v) is 3.16. The van der Waals surface area contributed by atoms with E-state index in [0.29, 0.717) is 6.17 Å². The number of rotatable bonds is 3. The highest BCUT2D eigenvalue weighted by Gasteiger charge is 2.17. The minimum atomic E-state index is 0.648. The van der Waals surface area contributed by atoms with Gasteiger partial charge in [-0.25, -0.2) is 0 Å². The zero-order chi connectivity index (χ0) is 13.0. The van der Waals surface area contributed by atoms with Gasteiger partial charge in [-0.15, -0.1) is 0 Å². The van der Waals surface area contributed by atoms with Gasteiger partial charge in [0.25, 0.3) is 0 Å². The van der Waals surface area contributed by atoms with E-state index >= 15 is 0 Å². The van der Waals surface area contributed by atoms with Crippen molar-refractivity contribution >= 4 is 22.6 Å². The predicted octanol–water partition coefficient (Wildman–Crippen LogP) is 3.75. The van der Waals surface area contributed by atoms with E-state index in [2.05, 4.69) is 53.7 Å². The van der Waals surface area contributed by atoms with Crippen LogP contribution in [0.4, 0.5) is 0 Å². The maximum absolute atomic E-state index is 3.24. The average molecular weight is 342 g/mol. The molecule has 0 bridgehead atoms. The van der Waals surface area contributed by atoms with Gasteiger partial charge in [0.05, 0.1) is 6.17 Å². The maximum Gasteiger partial charge on any atom is 0.0592 e. The Kier molecular flexibility index (Phi) is 16.3. The minimum Gasteiger partial charge on any atom is -0.305 e. The smallest absolute Gasteiger partial charge is 0.0592 e. The van der Waals surface area contributed by atoms with Gasteiger partial charge in [-0.2, -0.15) is 0 Å². The number of alkyl halides is 1. The lowest BCUT2D eigenvalue weighted by atomic mass is 10.2. The minimum absolute atomic E-state index is 0.648. The molecule has 0 aromatic carbocycles. The number of nitrogens with zero attached hydrogens (tertiary/aromatic N) is 1. The molecule has 0 aromatic rings. The number of hydrogen-bond acceptors (Lipinski definition) is 2. The Bertz CT molecular complexity index is 129. The lowest BCUT2D eigenvalue weighted by Crippen LogP contribution is -2.35. The van der Waals surface area contributed by atoms with Crippen LogP contribution >= 0.6 is 22.6 Å². The van der Waals surface area contributed by atoms with Crippen molar-refractivity contribution < 1.29 is 0 Å². The summed E-state index contributed by atoms with van der Waals surface area (Å²) in [6.07, 6.45) is 4.67. The molecule has 1 N–H and O–H groups in total. The quantitative estimate of drug-likeness (QED) is 0.621. The van der Waals surface area contributed by atoms with Crippen LogP contribution in [0, 0.1) is 5.92 Å². The molecule has 100 valence electrons. The molecular weight excluding hydrogens is 311 g/mol. The molecule has 1 saturated heterocycles. The molecule has 0 radical (unpaired) electrons. The molecular formula is C13H31IN2. The second kappa shape index (κ2) is 13.7. The van der Waals surface area contributed by atoms with Crippen LogP contribution in [0.25, 0.3) is 0 Å². The molecule has 2 nitrogen and oxygen atoms in total. The molecule has 0 amide bonds. The van der Waals surface area contributed by atoms with E-state index in [9.17, 15) is 0 Å². The molecule has 3 heteroatoms. The molecule has 1 atom stereocenters. The summed E-state index contributed by atoms with van der Waals surface area (Å²) in [7, 11) is 4.18. The standard InChI is InChI=1S/C6H14N2.C5H11I.C2H6/c1-7-6-4-3-5-8(6)2;1-5(2)3-4-6;1-2/h6-7H,3-5H2,1-2H3;5H,3-4H2,1-2H3;1-2H3. The fourth-order valence-corrected chi connectivity index (χ4v) is 2.74. The van der Waals surface area contributed by atoms with Crippen molar-refractivity contribution in [1.29, 1.82) is 0 Å². The molecule has 1 unspecified atom stereocenters. The largest absolute Gasteiger partial charge is 0.305 e. The predicted molar refractivity (Wildman–Crippen MR) is 84.4 cm³/mol. The number of likely N-dealkylation sites (tertiary alicyclic amines) is 1. The van der Waals surface area contributed by atoms with Crippen LogP contribution in [0.3, 0.4) is 0 Å². The fourth-order valence-electron chi connectivity index (χ4n) is 1.49. The number of hydrogen-bond donors (Lipinski definition) is 1. The zero-order valence-corrected chi connectivity index (χ0v) is 14.2. The molecule has 1 aliphatic rings. The Morgan fingerprint density at radius 1 is 1.38 bits per heavy atom. The molecule has 0 spiro atoms. The second-order valence-electron chi connectivity index (χ2n) is 4.30. The Morgan fingerprint density at radius 2 is 1.94 bits per heavy atom. The SMILES string of the molecule is CC.CC(C)CCI.CNC1CCCN1C. The summed E-state index contributed by atoms with van der Waals surface area (Å²) < 4.78 is 1.30. The summed E-state index contributed by atoms with van der Waals surface area (Å²) in [5, 5.41) is 3.24. The summed E-state index contributed by atoms with van der Waals surface area (Å²) >= 11 is 2.40. The lowest BCUT2D eigenvalue weighted by Gasteiger charge is -2.17. The molecule has 1 fully saturated rings. The van der Waals surface area contributed by atoms with Gasteiger partial charge in [-0.1, -0.05) is 50.3 Å². The monoisotopic (exact) mass is 342 g/mol. The Hall–Kier alpha value is 0.650. The van der Waals surface area contributed by atoms with Crippen molar-refractivity contribution in [2.45, 2.75) is 53.1 Å². The van der Waals surface area contributed by atoms with Gasteiger partial charge in [0.1, 0.15) is 0 Å². The first-order chi connectivity index (χ1) is 7.61. The van der Waals surface area contributed by atoms with E-state index < -0.39 is 0 Å². The van der Waals surface area contributed by atoms with Crippen LogP contribution in [0.5, 0.6) is 0 Å². The first-order valence-corrected chi connectivity index (χ1v) is 8.07. The van der Waals surface area contributed by atoms with Crippen LogP contribution in [0.2, 0.25) is 0 Å². The van der Waals surface area contributed by atoms with Gasteiger partial charge >= 0.3 is 0 Å². The molecule has 0 aliphatic carbocycles. The highest BCUT2D eigenvalue weighted by Crippen LogP contribution is 2.10. The van der Waals surface area contributed by atoms with E-state index in [-0.39, 0.29) is 0 Å². The van der Waals surface area contributed by atoms with Crippen molar-refractivity contribution in [1.82, 2.24) is 10.2 Å². The van der Waals surface area contributed by atoms with E-state index in [1.54, 1.807) is 0 Å². The van der Waals surface area contributed by atoms with Crippen molar-refractivity contribution in [3.63, 3.8) is 0 Å². The Labute approximate surface area is 117 Å². The van der Waals surface area contributed by atoms with Gasteiger partial charge in [-0.05, 0) is 50.2 Å². The summed E-state index contributed by atoms with van der Waals surface area (Å²) in [5.41, 5.74) is 0. The van der Waals surface area contributed by atoms with Gasteiger partial charge in [-0.3, -0.25) is 4.90 Å². The molecule has 1 heterocycles. The maximum atomic E-state index is 3.24. The highest BCUT2D eigenvalue weighted by atomic mass is 127. The summed E-state index contributed by atoms with van der Waals surface area (Å²) in [6.45, 7) is 9.75. The van der Waals surface area contributed by atoms with Crippen molar-refractivity contribution in [3.05, 3.63) is 0 Å². The van der Waals surface area contributed by atoms with Crippen molar-refractivity contribution in [3.8, 4) is 0 Å². The van der Waals surface area contributed by atoms with E-state index in [1.165, 1.54) is 30.2 Å². The number of nitrogens with one attached hydrogen (secondary N) is 1. The zero-order valence-electron chi connectivity index (χ0n) is 12.0. The third kappa shape index (κ3) is 11.1. The summed E-state index contributed by atoms with van der Waals surface area (Å²) in [5.74, 6) is 0.891. The molecule has 16 heavy (non-hydrogen) atoms. The highest BCUT2D eigenvalue weighted by molar-refractivity contribution is 14.1. The van der Waals surface area contributed by atoms with Gasteiger partial charge < -0.3 is 5.32 Å². The normalized spacial score (nSPS) is 19.9. The Balaban J connectivity index is 0. The fraction of sp³-hybridized carbons (Fsp3) is 1.00. The lowest BCUT2D eigenvalue weighted by molar-refractivity contribution is 0.279. The topological polar surface area (TPSA) is 15.3 Å². The van der Waals surface area contributed by atoms with Gasteiger partial charge in [0, 0.05) is 0 Å². The van der Waals surface area contributed by atoms with Crippen LogP contribution in [-0.2, 0) is 0 Å².